The second-order valence-electron chi connectivity index (χ2n) is 5.19. The predicted molar refractivity (Wildman–Crippen MR) is 82.1 cm³/mol. The summed E-state index contributed by atoms with van der Waals surface area (Å²) in [5.74, 6) is 1.04. The summed E-state index contributed by atoms with van der Waals surface area (Å²) < 4.78 is 13.5. The number of aromatic nitrogens is 2. The topological polar surface area (TPSA) is 25.8 Å². The summed E-state index contributed by atoms with van der Waals surface area (Å²) in [4.78, 5) is 8.52. The van der Waals surface area contributed by atoms with Crippen molar-refractivity contribution >= 4 is 0 Å². The molecule has 0 spiro atoms. The maximum Gasteiger partial charge on any atom is 0.162 e. The van der Waals surface area contributed by atoms with E-state index >= 15 is 0 Å². The van der Waals surface area contributed by atoms with E-state index in [9.17, 15) is 4.39 Å². The zero-order valence-electron chi connectivity index (χ0n) is 13.2. The van der Waals surface area contributed by atoms with Crippen LogP contribution in [0.2, 0.25) is 0 Å². The van der Waals surface area contributed by atoms with Crippen molar-refractivity contribution in [2.75, 3.05) is 0 Å². The third kappa shape index (κ3) is 4.69. The van der Waals surface area contributed by atoms with Gasteiger partial charge in [-0.1, -0.05) is 45.8 Å². The highest BCUT2D eigenvalue weighted by Gasteiger charge is 2.13. The molecule has 0 saturated heterocycles. The fourth-order valence-corrected chi connectivity index (χ4v) is 2.49. The van der Waals surface area contributed by atoms with E-state index in [1.54, 1.807) is 0 Å². The van der Waals surface area contributed by atoms with Crippen molar-refractivity contribution in [2.45, 2.75) is 66.2 Å². The van der Waals surface area contributed by atoms with Crippen LogP contribution in [0, 0.1) is 11.7 Å². The molecule has 20 heavy (non-hydrogen) atoms. The van der Waals surface area contributed by atoms with Gasteiger partial charge in [0.1, 0.15) is 5.82 Å². The molecule has 0 saturated carbocycles. The minimum atomic E-state index is -0.294. The van der Waals surface area contributed by atoms with Gasteiger partial charge >= 0.3 is 0 Å². The number of nitrogens with zero attached hydrogens (tertiary/aromatic N) is 2. The first-order valence-corrected chi connectivity index (χ1v) is 7.85. The second-order valence-corrected chi connectivity index (χ2v) is 5.19. The normalized spacial score (nSPS) is 12.2. The molecule has 0 N–H and O–H groups in total. The van der Waals surface area contributed by atoms with Crippen LogP contribution in [0.4, 0.5) is 4.39 Å². The lowest BCUT2D eigenvalue weighted by Crippen LogP contribution is -2.09. The summed E-state index contributed by atoms with van der Waals surface area (Å²) in [5, 5.41) is 0. The number of hydrogen-bond donors (Lipinski definition) is 0. The molecule has 1 aromatic heterocycles. The van der Waals surface area contributed by atoms with Gasteiger partial charge in [0, 0.05) is 6.42 Å². The molecule has 0 aromatic carbocycles. The summed E-state index contributed by atoms with van der Waals surface area (Å²) in [6.07, 6.45) is 9.50. The molecule has 1 heterocycles. The van der Waals surface area contributed by atoms with Gasteiger partial charge in [-0.05, 0) is 31.6 Å². The van der Waals surface area contributed by atoms with Crippen molar-refractivity contribution in [1.82, 2.24) is 9.97 Å². The van der Waals surface area contributed by atoms with Gasteiger partial charge in [0.2, 0.25) is 0 Å². The van der Waals surface area contributed by atoms with Crippen LogP contribution in [0.1, 0.15) is 64.9 Å². The van der Waals surface area contributed by atoms with Crippen molar-refractivity contribution < 1.29 is 4.39 Å². The molecule has 1 aromatic rings. The fraction of sp³-hybridized carbons (Fsp3) is 0.647. The second kappa shape index (κ2) is 8.83. The summed E-state index contributed by atoms with van der Waals surface area (Å²) in [5.41, 5.74) is 1.93. The van der Waals surface area contributed by atoms with Crippen LogP contribution in [0.3, 0.4) is 0 Å². The lowest BCUT2D eigenvalue weighted by molar-refractivity contribution is 0.548. The maximum atomic E-state index is 13.5. The molecule has 2 nitrogen and oxygen atoms in total. The smallest absolute Gasteiger partial charge is 0.162 e. The first-order valence-electron chi connectivity index (χ1n) is 7.85. The van der Waals surface area contributed by atoms with Crippen LogP contribution in [-0.2, 0) is 12.8 Å². The number of hydrogen-bond acceptors (Lipinski definition) is 2. The first-order chi connectivity index (χ1) is 9.65. The zero-order chi connectivity index (χ0) is 15.0. The Morgan fingerprint density at radius 2 is 1.95 bits per heavy atom. The van der Waals surface area contributed by atoms with Crippen molar-refractivity contribution in [3.8, 4) is 0 Å². The molecule has 0 aliphatic carbocycles. The van der Waals surface area contributed by atoms with Gasteiger partial charge in [-0.2, -0.15) is 0 Å². The van der Waals surface area contributed by atoms with Gasteiger partial charge in [-0.25, -0.2) is 14.4 Å². The first kappa shape index (κ1) is 16.8. The number of aryl methyl sites for hydroxylation is 1. The molecular weight excluding hydrogens is 251 g/mol. The van der Waals surface area contributed by atoms with Gasteiger partial charge in [-0.15, -0.1) is 0 Å². The Labute approximate surface area is 122 Å². The standard InChI is InChI=1S/C17H27FN2/c1-5-9-10-14(13(6-2)7-3)11-17-19-12-15(18)16(8-4)20-17/h10,12-13H,5-9,11H2,1-4H3/b14-10-. The van der Waals surface area contributed by atoms with Crippen LogP contribution < -0.4 is 0 Å². The number of allylic oxidation sites excluding steroid dienone is 2. The molecule has 0 radical (unpaired) electrons. The van der Waals surface area contributed by atoms with Crippen molar-refractivity contribution in [3.05, 3.63) is 35.2 Å². The molecule has 0 amide bonds. The highest BCUT2D eigenvalue weighted by molar-refractivity contribution is 5.15. The Balaban J connectivity index is 2.94. The monoisotopic (exact) mass is 278 g/mol. The van der Waals surface area contributed by atoms with Crippen LogP contribution in [-0.4, -0.2) is 9.97 Å². The lowest BCUT2D eigenvalue weighted by Gasteiger charge is -2.17. The van der Waals surface area contributed by atoms with Crippen LogP contribution in [0.25, 0.3) is 0 Å². The third-order valence-electron chi connectivity index (χ3n) is 3.77. The van der Waals surface area contributed by atoms with Crippen molar-refractivity contribution in [1.29, 1.82) is 0 Å². The lowest BCUT2D eigenvalue weighted by atomic mass is 9.90. The van der Waals surface area contributed by atoms with E-state index in [1.807, 2.05) is 6.92 Å². The van der Waals surface area contributed by atoms with Crippen LogP contribution in [0.15, 0.2) is 17.8 Å². The minimum absolute atomic E-state index is 0.294. The number of unbranched alkanes of at least 4 members (excludes halogenated alkanes) is 1. The largest absolute Gasteiger partial charge is 0.238 e. The SMILES string of the molecule is CCC/C=C(/Cc1ncc(F)c(CC)n1)C(CC)CC. The third-order valence-corrected chi connectivity index (χ3v) is 3.77. The highest BCUT2D eigenvalue weighted by atomic mass is 19.1. The Kier molecular flexibility index (Phi) is 7.42. The van der Waals surface area contributed by atoms with Gasteiger partial charge in [-0.3, -0.25) is 0 Å². The Morgan fingerprint density at radius 1 is 1.25 bits per heavy atom. The van der Waals surface area contributed by atoms with Gasteiger partial charge in [0.15, 0.2) is 5.82 Å². The molecule has 3 heteroatoms. The van der Waals surface area contributed by atoms with E-state index < -0.39 is 0 Å². The van der Waals surface area contributed by atoms with Gasteiger partial charge in [0.05, 0.1) is 11.9 Å². The molecule has 0 atom stereocenters. The molecule has 0 unspecified atom stereocenters. The maximum absolute atomic E-state index is 13.5. The van der Waals surface area contributed by atoms with E-state index in [0.717, 1.165) is 37.9 Å². The average molecular weight is 278 g/mol. The summed E-state index contributed by atoms with van der Waals surface area (Å²) in [6.45, 7) is 8.54. The number of rotatable bonds is 8. The molecule has 0 fully saturated rings. The molecule has 112 valence electrons. The molecule has 0 aliphatic rings. The summed E-state index contributed by atoms with van der Waals surface area (Å²) in [6, 6.07) is 0. The molecule has 1 rings (SSSR count). The van der Waals surface area contributed by atoms with Crippen molar-refractivity contribution in [2.24, 2.45) is 5.92 Å². The zero-order valence-corrected chi connectivity index (χ0v) is 13.2. The van der Waals surface area contributed by atoms with Gasteiger partial charge in [0.25, 0.3) is 0 Å². The average Bonchev–Trinajstić information content (AvgIpc) is 2.47. The van der Waals surface area contributed by atoms with Gasteiger partial charge < -0.3 is 0 Å². The van der Waals surface area contributed by atoms with E-state index in [-0.39, 0.29) is 5.82 Å². The van der Waals surface area contributed by atoms with E-state index in [2.05, 4.69) is 36.8 Å². The van der Waals surface area contributed by atoms with Crippen molar-refractivity contribution in [3.63, 3.8) is 0 Å². The summed E-state index contributed by atoms with van der Waals surface area (Å²) >= 11 is 0. The van der Waals surface area contributed by atoms with E-state index in [1.165, 1.54) is 11.8 Å². The quantitative estimate of drug-likeness (QED) is 0.633. The summed E-state index contributed by atoms with van der Waals surface area (Å²) in [7, 11) is 0. The Hall–Kier alpha value is -1.25. The fourth-order valence-electron chi connectivity index (χ4n) is 2.49. The highest BCUT2D eigenvalue weighted by Crippen LogP contribution is 2.23. The Morgan fingerprint density at radius 3 is 2.50 bits per heavy atom. The van der Waals surface area contributed by atoms with E-state index in [0.29, 0.717) is 18.0 Å². The molecule has 0 bridgehead atoms. The molecule has 0 aliphatic heterocycles. The number of halogens is 1. The van der Waals surface area contributed by atoms with E-state index in [4.69, 9.17) is 0 Å². The predicted octanol–water partition coefficient (Wildman–Crippen LogP) is 4.88. The van der Waals surface area contributed by atoms with Crippen LogP contribution >= 0.6 is 0 Å². The molecular formula is C17H27FN2. The van der Waals surface area contributed by atoms with Crippen LogP contribution in [0.5, 0.6) is 0 Å². The minimum Gasteiger partial charge on any atom is -0.238 e. The Bertz CT molecular complexity index is 437.